The van der Waals surface area contributed by atoms with Crippen LogP contribution in [0.25, 0.3) is 0 Å². The number of nitrogens with zero attached hydrogens (tertiary/aromatic N) is 1. The maximum Gasteiger partial charge on any atom is 0.327 e. The Morgan fingerprint density at radius 3 is 2.16 bits per heavy atom. The third-order valence-electron chi connectivity index (χ3n) is 2.71. The van der Waals surface area contributed by atoms with Crippen LogP contribution in [0.15, 0.2) is 0 Å². The number of hydrogen-bond acceptors (Lipinski definition) is 5. The summed E-state index contributed by atoms with van der Waals surface area (Å²) in [6.45, 7) is 6.83. The van der Waals surface area contributed by atoms with Crippen LogP contribution in [0.2, 0.25) is 0 Å². The second kappa shape index (κ2) is 8.11. The van der Waals surface area contributed by atoms with Crippen molar-refractivity contribution in [1.29, 1.82) is 0 Å². The van der Waals surface area contributed by atoms with Crippen LogP contribution in [0.3, 0.4) is 0 Å². The minimum Gasteiger partial charge on any atom is -0.480 e. The first-order valence-corrected chi connectivity index (χ1v) is 7.96. The number of carboxylic acids is 1. The topological polar surface area (TPSA) is 104 Å². The Hall–Kier alpha value is -1.15. The standard InChI is InChI=1S/C11H22N2O5S/c1-4-13(5-2)6-7-19(17,18)8-10(11(15)16)12-9(3)14/h10H,4-8H2,1-3H3,(H,12,14)(H,15,16)/t10-/m0/s1. The molecule has 0 saturated carbocycles. The number of rotatable bonds is 9. The van der Waals surface area contributed by atoms with Gasteiger partial charge in [-0.25, -0.2) is 13.2 Å². The van der Waals surface area contributed by atoms with Crippen LogP contribution < -0.4 is 5.32 Å². The molecular formula is C11H22N2O5S. The van der Waals surface area contributed by atoms with Crippen molar-refractivity contribution in [2.24, 2.45) is 0 Å². The van der Waals surface area contributed by atoms with Crippen molar-refractivity contribution in [3.8, 4) is 0 Å². The average molecular weight is 294 g/mol. The van der Waals surface area contributed by atoms with Crippen LogP contribution >= 0.6 is 0 Å². The Morgan fingerprint density at radius 1 is 1.26 bits per heavy atom. The minimum atomic E-state index is -3.52. The van der Waals surface area contributed by atoms with E-state index in [4.69, 9.17) is 5.11 Å². The molecule has 1 atom stereocenters. The zero-order valence-corrected chi connectivity index (χ0v) is 12.4. The Kier molecular flexibility index (Phi) is 7.62. The molecule has 0 spiro atoms. The molecule has 8 heteroatoms. The van der Waals surface area contributed by atoms with Crippen molar-refractivity contribution in [2.75, 3.05) is 31.1 Å². The smallest absolute Gasteiger partial charge is 0.327 e. The number of nitrogens with one attached hydrogen (secondary N) is 1. The number of amides is 1. The molecule has 0 aliphatic rings. The molecule has 7 nitrogen and oxygen atoms in total. The lowest BCUT2D eigenvalue weighted by Crippen LogP contribution is -2.45. The number of aliphatic carboxylic acids is 1. The zero-order valence-electron chi connectivity index (χ0n) is 11.5. The summed E-state index contributed by atoms with van der Waals surface area (Å²) in [5, 5.41) is 11.0. The van der Waals surface area contributed by atoms with E-state index in [2.05, 4.69) is 5.32 Å². The summed E-state index contributed by atoms with van der Waals surface area (Å²) >= 11 is 0. The second-order valence-corrected chi connectivity index (χ2v) is 6.46. The molecule has 0 fully saturated rings. The van der Waals surface area contributed by atoms with Gasteiger partial charge in [-0.05, 0) is 13.1 Å². The van der Waals surface area contributed by atoms with Gasteiger partial charge in [-0.3, -0.25) is 4.79 Å². The molecule has 0 unspecified atom stereocenters. The van der Waals surface area contributed by atoms with Gasteiger partial charge in [0.2, 0.25) is 5.91 Å². The predicted molar refractivity (Wildman–Crippen MR) is 71.7 cm³/mol. The van der Waals surface area contributed by atoms with Crippen molar-refractivity contribution < 1.29 is 23.1 Å². The molecule has 0 aromatic rings. The zero-order chi connectivity index (χ0) is 15.1. The van der Waals surface area contributed by atoms with Crippen LogP contribution in [0.4, 0.5) is 0 Å². The molecule has 0 heterocycles. The van der Waals surface area contributed by atoms with Gasteiger partial charge >= 0.3 is 5.97 Å². The van der Waals surface area contributed by atoms with Gasteiger partial charge < -0.3 is 15.3 Å². The largest absolute Gasteiger partial charge is 0.480 e. The molecule has 0 aromatic heterocycles. The molecule has 0 aliphatic heterocycles. The molecule has 0 bridgehead atoms. The SMILES string of the molecule is CCN(CC)CCS(=O)(=O)C[C@H](NC(C)=O)C(=O)O. The average Bonchev–Trinajstić information content (AvgIpc) is 2.28. The van der Waals surface area contributed by atoms with Gasteiger partial charge in [0.25, 0.3) is 0 Å². The molecule has 0 rings (SSSR count). The van der Waals surface area contributed by atoms with Gasteiger partial charge in [-0.15, -0.1) is 0 Å². The first kappa shape index (κ1) is 17.8. The Morgan fingerprint density at radius 2 is 1.79 bits per heavy atom. The Bertz CT molecular complexity index is 403. The first-order valence-electron chi connectivity index (χ1n) is 6.14. The number of hydrogen-bond donors (Lipinski definition) is 2. The summed E-state index contributed by atoms with van der Waals surface area (Å²) < 4.78 is 23.6. The van der Waals surface area contributed by atoms with Gasteiger partial charge in [0.15, 0.2) is 9.84 Å². The lowest BCUT2D eigenvalue weighted by Gasteiger charge is -2.19. The molecule has 1 amide bonds. The van der Waals surface area contributed by atoms with Gasteiger partial charge in [-0.2, -0.15) is 0 Å². The molecule has 0 saturated heterocycles. The Balaban J connectivity index is 4.55. The lowest BCUT2D eigenvalue weighted by molar-refractivity contribution is -0.140. The van der Waals surface area contributed by atoms with Gasteiger partial charge in [-0.1, -0.05) is 13.8 Å². The highest BCUT2D eigenvalue weighted by Gasteiger charge is 2.26. The normalized spacial score (nSPS) is 13.3. The quantitative estimate of drug-likeness (QED) is 0.584. The highest BCUT2D eigenvalue weighted by atomic mass is 32.2. The summed E-state index contributed by atoms with van der Waals surface area (Å²) in [5.41, 5.74) is 0. The van der Waals surface area contributed by atoms with Crippen molar-refractivity contribution in [1.82, 2.24) is 10.2 Å². The van der Waals surface area contributed by atoms with Crippen LogP contribution in [-0.2, 0) is 19.4 Å². The molecule has 2 N–H and O–H groups in total. The van der Waals surface area contributed by atoms with E-state index in [1.165, 1.54) is 0 Å². The second-order valence-electron chi connectivity index (χ2n) is 4.23. The van der Waals surface area contributed by atoms with E-state index in [-0.39, 0.29) is 5.75 Å². The molecule has 112 valence electrons. The van der Waals surface area contributed by atoms with Crippen LogP contribution in [0.1, 0.15) is 20.8 Å². The van der Waals surface area contributed by atoms with E-state index in [1.807, 2.05) is 18.7 Å². The fourth-order valence-electron chi connectivity index (χ4n) is 1.57. The van der Waals surface area contributed by atoms with Gasteiger partial charge in [0, 0.05) is 13.5 Å². The van der Waals surface area contributed by atoms with Crippen molar-refractivity contribution in [3.05, 3.63) is 0 Å². The van der Waals surface area contributed by atoms with E-state index in [1.54, 1.807) is 0 Å². The monoisotopic (exact) mass is 294 g/mol. The highest BCUT2D eigenvalue weighted by Crippen LogP contribution is 1.99. The van der Waals surface area contributed by atoms with Crippen molar-refractivity contribution in [3.63, 3.8) is 0 Å². The summed E-state index contributed by atoms with van der Waals surface area (Å²) in [5.74, 6) is -2.60. The molecule has 0 radical (unpaired) electrons. The molecule has 0 aromatic carbocycles. The minimum absolute atomic E-state index is 0.113. The number of carbonyl (C=O) groups is 2. The van der Waals surface area contributed by atoms with E-state index in [0.29, 0.717) is 6.54 Å². The number of sulfone groups is 1. The molecule has 0 aliphatic carbocycles. The predicted octanol–water partition coefficient (Wildman–Crippen LogP) is -0.668. The van der Waals surface area contributed by atoms with Gasteiger partial charge in [0.1, 0.15) is 6.04 Å². The lowest BCUT2D eigenvalue weighted by atomic mass is 10.3. The van der Waals surface area contributed by atoms with Gasteiger partial charge in [0.05, 0.1) is 11.5 Å². The Labute approximate surface area is 113 Å². The van der Waals surface area contributed by atoms with E-state index in [0.717, 1.165) is 20.0 Å². The molecular weight excluding hydrogens is 272 g/mol. The number of carboxylic acid groups (broad SMARTS) is 1. The summed E-state index contributed by atoms with van der Waals surface area (Å²) in [4.78, 5) is 23.6. The summed E-state index contributed by atoms with van der Waals surface area (Å²) in [6, 6.07) is -1.39. The molecule has 19 heavy (non-hydrogen) atoms. The summed E-state index contributed by atoms with van der Waals surface area (Å²) in [6.07, 6.45) is 0. The van der Waals surface area contributed by atoms with Crippen LogP contribution in [0.5, 0.6) is 0 Å². The first-order chi connectivity index (χ1) is 8.71. The maximum absolute atomic E-state index is 11.8. The van der Waals surface area contributed by atoms with E-state index >= 15 is 0 Å². The van der Waals surface area contributed by atoms with E-state index < -0.39 is 33.5 Å². The van der Waals surface area contributed by atoms with Crippen molar-refractivity contribution in [2.45, 2.75) is 26.8 Å². The van der Waals surface area contributed by atoms with E-state index in [9.17, 15) is 18.0 Å². The van der Waals surface area contributed by atoms with Crippen molar-refractivity contribution >= 4 is 21.7 Å². The highest BCUT2D eigenvalue weighted by molar-refractivity contribution is 7.91. The maximum atomic E-state index is 11.8. The fourth-order valence-corrected chi connectivity index (χ4v) is 3.00. The number of carbonyl (C=O) groups excluding carboxylic acids is 1. The van der Waals surface area contributed by atoms with Crippen LogP contribution in [-0.4, -0.2) is 67.5 Å². The summed E-state index contributed by atoms with van der Waals surface area (Å²) in [7, 11) is -3.52. The van der Waals surface area contributed by atoms with Crippen LogP contribution in [0, 0.1) is 0 Å². The fraction of sp³-hybridized carbons (Fsp3) is 0.818. The third kappa shape index (κ3) is 7.78. The third-order valence-corrected chi connectivity index (χ3v) is 4.35.